The SMILES string of the molecule is NC(=O)NC=O.Oc1cccc(O)c1.Oc1cccc(O)c1. The molecule has 22 heavy (non-hydrogen) atoms. The Labute approximate surface area is 126 Å². The van der Waals surface area contributed by atoms with E-state index in [2.05, 4.69) is 5.73 Å². The van der Waals surface area contributed by atoms with Crippen molar-refractivity contribution in [3.05, 3.63) is 48.5 Å². The van der Waals surface area contributed by atoms with Crippen molar-refractivity contribution < 1.29 is 30.0 Å². The topological polar surface area (TPSA) is 153 Å². The number of carbonyl (C=O) groups excluding carboxylic acids is 2. The summed E-state index contributed by atoms with van der Waals surface area (Å²) in [6.45, 7) is 0. The van der Waals surface area contributed by atoms with Crippen molar-refractivity contribution in [2.75, 3.05) is 0 Å². The highest BCUT2D eigenvalue weighted by Gasteiger charge is 1.86. The molecule has 0 radical (unpaired) electrons. The van der Waals surface area contributed by atoms with Gasteiger partial charge in [-0.1, -0.05) is 12.1 Å². The number of imide groups is 1. The van der Waals surface area contributed by atoms with E-state index in [1.807, 2.05) is 0 Å². The molecule has 7 N–H and O–H groups in total. The fourth-order valence-electron chi connectivity index (χ4n) is 1.04. The van der Waals surface area contributed by atoms with Gasteiger partial charge in [-0.25, -0.2) is 4.79 Å². The average molecular weight is 308 g/mol. The lowest BCUT2D eigenvalue weighted by Gasteiger charge is -1.89. The van der Waals surface area contributed by atoms with E-state index in [1.54, 1.807) is 17.4 Å². The van der Waals surface area contributed by atoms with Crippen LogP contribution >= 0.6 is 0 Å². The van der Waals surface area contributed by atoms with E-state index in [1.165, 1.54) is 36.4 Å². The third kappa shape index (κ3) is 10.5. The van der Waals surface area contributed by atoms with Crippen molar-refractivity contribution in [2.24, 2.45) is 5.73 Å². The second-order valence-electron chi connectivity index (χ2n) is 3.67. The van der Waals surface area contributed by atoms with Gasteiger partial charge in [0.1, 0.15) is 23.0 Å². The van der Waals surface area contributed by atoms with Gasteiger partial charge in [0.15, 0.2) is 0 Å². The third-order valence-corrected chi connectivity index (χ3v) is 1.86. The smallest absolute Gasteiger partial charge is 0.318 e. The number of amides is 3. The van der Waals surface area contributed by atoms with Gasteiger partial charge in [0, 0.05) is 12.1 Å². The number of nitrogens with one attached hydrogen (secondary N) is 1. The Balaban J connectivity index is 0.000000306. The van der Waals surface area contributed by atoms with E-state index in [0.717, 1.165) is 0 Å². The summed E-state index contributed by atoms with van der Waals surface area (Å²) in [4.78, 5) is 18.7. The molecule has 2 aromatic carbocycles. The highest BCUT2D eigenvalue weighted by Crippen LogP contribution is 2.15. The van der Waals surface area contributed by atoms with Crippen molar-refractivity contribution in [3.63, 3.8) is 0 Å². The number of phenolic OH excluding ortho intramolecular Hbond substituents is 4. The molecule has 3 amide bonds. The maximum absolute atomic E-state index is 9.48. The van der Waals surface area contributed by atoms with Crippen LogP contribution in [0.2, 0.25) is 0 Å². The number of aromatic hydroxyl groups is 4. The number of primary amides is 1. The summed E-state index contributed by atoms with van der Waals surface area (Å²) in [7, 11) is 0. The Morgan fingerprint density at radius 1 is 0.864 bits per heavy atom. The third-order valence-electron chi connectivity index (χ3n) is 1.86. The molecular weight excluding hydrogens is 292 g/mol. The van der Waals surface area contributed by atoms with E-state index in [0.29, 0.717) is 0 Å². The van der Waals surface area contributed by atoms with Gasteiger partial charge >= 0.3 is 6.03 Å². The zero-order chi connectivity index (χ0) is 17.0. The zero-order valence-electron chi connectivity index (χ0n) is 11.4. The molecule has 0 bridgehead atoms. The molecule has 118 valence electrons. The van der Waals surface area contributed by atoms with E-state index in [9.17, 15) is 9.59 Å². The van der Waals surface area contributed by atoms with Crippen LogP contribution in [0.25, 0.3) is 0 Å². The van der Waals surface area contributed by atoms with Gasteiger partial charge in [0.2, 0.25) is 6.41 Å². The predicted octanol–water partition coefficient (Wildman–Crippen LogP) is 1.01. The largest absolute Gasteiger partial charge is 0.508 e. The lowest BCUT2D eigenvalue weighted by Crippen LogP contribution is -2.27. The molecule has 0 heterocycles. The molecule has 2 aromatic rings. The number of phenols is 4. The van der Waals surface area contributed by atoms with Crippen LogP contribution in [0.15, 0.2) is 48.5 Å². The number of carbonyl (C=O) groups is 2. The molecule has 8 heteroatoms. The summed E-state index contributed by atoms with van der Waals surface area (Å²) in [6.07, 6.45) is 0.225. The summed E-state index contributed by atoms with van der Waals surface area (Å²) >= 11 is 0. The van der Waals surface area contributed by atoms with Crippen LogP contribution in [0.5, 0.6) is 23.0 Å². The molecule has 0 aromatic heterocycles. The quantitative estimate of drug-likeness (QED) is 0.432. The molecule has 0 fully saturated rings. The number of benzene rings is 2. The Morgan fingerprint density at radius 2 is 1.18 bits per heavy atom. The summed E-state index contributed by atoms with van der Waals surface area (Å²) in [5, 5.41) is 36.3. The number of hydrogen-bond acceptors (Lipinski definition) is 6. The molecular formula is C14H16N2O6. The Kier molecular flexibility index (Phi) is 8.76. The second kappa shape index (κ2) is 10.4. The average Bonchev–Trinajstić information content (AvgIpc) is 2.39. The summed E-state index contributed by atoms with van der Waals surface area (Å²) in [5.74, 6) is 0.352. The van der Waals surface area contributed by atoms with Gasteiger partial charge in [-0.2, -0.15) is 0 Å². The number of hydrogen-bond donors (Lipinski definition) is 6. The first-order valence-corrected chi connectivity index (χ1v) is 5.80. The number of rotatable bonds is 1. The first-order valence-electron chi connectivity index (χ1n) is 5.80. The molecule has 2 rings (SSSR count). The maximum Gasteiger partial charge on any atom is 0.318 e. The van der Waals surface area contributed by atoms with E-state index in [-0.39, 0.29) is 29.4 Å². The predicted molar refractivity (Wildman–Crippen MR) is 78.3 cm³/mol. The highest BCUT2D eigenvalue weighted by molar-refractivity contribution is 5.82. The zero-order valence-corrected chi connectivity index (χ0v) is 11.4. The minimum absolute atomic E-state index is 0.0880. The molecule has 0 unspecified atom stereocenters. The molecule has 0 spiro atoms. The van der Waals surface area contributed by atoms with Crippen molar-refractivity contribution >= 4 is 12.4 Å². The normalized spacial score (nSPS) is 8.36. The second-order valence-corrected chi connectivity index (χ2v) is 3.67. The monoisotopic (exact) mass is 308 g/mol. The lowest BCUT2D eigenvalue weighted by atomic mass is 10.3. The van der Waals surface area contributed by atoms with Crippen molar-refractivity contribution in [3.8, 4) is 23.0 Å². The Morgan fingerprint density at radius 3 is 1.27 bits per heavy atom. The molecule has 8 nitrogen and oxygen atoms in total. The first-order chi connectivity index (χ1) is 10.3. The van der Waals surface area contributed by atoms with Crippen LogP contribution < -0.4 is 11.1 Å². The van der Waals surface area contributed by atoms with Crippen LogP contribution in [0.3, 0.4) is 0 Å². The number of urea groups is 1. The molecule has 0 saturated heterocycles. The van der Waals surface area contributed by atoms with Crippen LogP contribution in [0.4, 0.5) is 4.79 Å². The van der Waals surface area contributed by atoms with Gasteiger partial charge < -0.3 is 26.2 Å². The molecule has 0 aliphatic heterocycles. The van der Waals surface area contributed by atoms with Gasteiger partial charge in [-0.15, -0.1) is 0 Å². The van der Waals surface area contributed by atoms with E-state index < -0.39 is 6.03 Å². The molecule has 0 aliphatic rings. The van der Waals surface area contributed by atoms with Crippen molar-refractivity contribution in [1.29, 1.82) is 0 Å². The molecule has 0 atom stereocenters. The Bertz CT molecular complexity index is 525. The van der Waals surface area contributed by atoms with Gasteiger partial charge in [-0.3, -0.25) is 10.1 Å². The van der Waals surface area contributed by atoms with Crippen LogP contribution in [0.1, 0.15) is 0 Å². The number of nitrogens with two attached hydrogens (primary N) is 1. The van der Waals surface area contributed by atoms with Crippen molar-refractivity contribution in [2.45, 2.75) is 0 Å². The summed E-state index contributed by atoms with van der Waals surface area (Å²) < 4.78 is 0. The lowest BCUT2D eigenvalue weighted by molar-refractivity contribution is -0.108. The summed E-state index contributed by atoms with van der Waals surface area (Å²) in [5.41, 5.74) is 4.42. The van der Waals surface area contributed by atoms with Crippen LogP contribution in [0, 0.1) is 0 Å². The van der Waals surface area contributed by atoms with Crippen LogP contribution in [-0.4, -0.2) is 32.9 Å². The van der Waals surface area contributed by atoms with Gasteiger partial charge in [-0.05, 0) is 24.3 Å². The highest BCUT2D eigenvalue weighted by atomic mass is 16.3. The molecule has 0 saturated carbocycles. The standard InChI is InChI=1S/2C6H6O2.C2H4N2O2/c2*7-5-2-1-3-6(8)4-5;3-2(6)4-1-5/h2*1-4,7-8H;1H,(H3,3,4,5,6). The van der Waals surface area contributed by atoms with E-state index >= 15 is 0 Å². The molecule has 0 aliphatic carbocycles. The maximum atomic E-state index is 9.48. The van der Waals surface area contributed by atoms with Gasteiger partial charge in [0.25, 0.3) is 0 Å². The Hall–Kier alpha value is -3.42. The fourth-order valence-corrected chi connectivity index (χ4v) is 1.04. The van der Waals surface area contributed by atoms with E-state index in [4.69, 9.17) is 20.4 Å². The first kappa shape index (κ1) is 18.6. The fraction of sp³-hybridized carbons (Fsp3) is 0. The summed E-state index contributed by atoms with van der Waals surface area (Å²) in [6, 6.07) is 10.9. The van der Waals surface area contributed by atoms with Gasteiger partial charge in [0.05, 0.1) is 0 Å². The van der Waals surface area contributed by atoms with Crippen LogP contribution in [-0.2, 0) is 4.79 Å². The minimum Gasteiger partial charge on any atom is -0.508 e. The minimum atomic E-state index is -0.829. The van der Waals surface area contributed by atoms with Crippen molar-refractivity contribution in [1.82, 2.24) is 5.32 Å².